The van der Waals surface area contributed by atoms with Gasteiger partial charge in [0.2, 0.25) is 0 Å². The molecule has 0 aliphatic carbocycles. The summed E-state index contributed by atoms with van der Waals surface area (Å²) in [6, 6.07) is 15.7. The molecule has 3 heteroatoms. The van der Waals surface area contributed by atoms with Crippen molar-refractivity contribution >= 4 is 0 Å². The smallest absolute Gasteiger partial charge is 0.274 e. The van der Waals surface area contributed by atoms with Gasteiger partial charge in [-0.05, 0) is 17.7 Å². The molecule has 1 nitrogen and oxygen atoms in total. The molecule has 0 aliphatic heterocycles. The molecule has 0 aliphatic rings. The Morgan fingerprint density at radius 1 is 0.944 bits per heavy atom. The van der Waals surface area contributed by atoms with Crippen LogP contribution in [0.1, 0.15) is 18.1 Å². The summed E-state index contributed by atoms with van der Waals surface area (Å²) in [5.41, 5.74) is 0.868. The van der Waals surface area contributed by atoms with Crippen LogP contribution < -0.4 is 4.74 Å². The normalized spacial score (nSPS) is 11.3. The fraction of sp³-hybridized carbons (Fsp3) is 0.200. The number of ether oxygens (including phenoxy) is 1. The molecular formula is C15H14F2O. The fourth-order valence-electron chi connectivity index (χ4n) is 1.69. The molecule has 0 amide bonds. The zero-order valence-electron chi connectivity index (χ0n) is 10.1. The quantitative estimate of drug-likeness (QED) is 0.780. The zero-order valence-corrected chi connectivity index (χ0v) is 10.1. The highest BCUT2D eigenvalue weighted by molar-refractivity contribution is 5.36. The Labute approximate surface area is 105 Å². The largest absolute Gasteiger partial charge is 0.488 e. The van der Waals surface area contributed by atoms with E-state index in [0.29, 0.717) is 0 Å². The Balaban J connectivity index is 2.15. The Morgan fingerprint density at radius 3 is 2.22 bits per heavy atom. The summed E-state index contributed by atoms with van der Waals surface area (Å²) in [5, 5.41) is 0. The lowest BCUT2D eigenvalue weighted by Crippen LogP contribution is -2.10. The predicted octanol–water partition coefficient (Wildman–Crippen LogP) is 4.38. The summed E-state index contributed by atoms with van der Waals surface area (Å²) < 4.78 is 32.2. The lowest BCUT2D eigenvalue weighted by Gasteiger charge is -2.16. The van der Waals surface area contributed by atoms with Crippen molar-refractivity contribution in [2.24, 2.45) is 0 Å². The lowest BCUT2D eigenvalue weighted by molar-refractivity contribution is 0.0142. The summed E-state index contributed by atoms with van der Waals surface area (Å²) in [6.07, 6.45) is 0. The zero-order chi connectivity index (χ0) is 13.0. The summed E-state index contributed by atoms with van der Waals surface area (Å²) in [4.78, 5) is 0. The van der Waals surface area contributed by atoms with Crippen LogP contribution in [-0.4, -0.2) is 0 Å². The van der Waals surface area contributed by atoms with E-state index in [2.05, 4.69) is 0 Å². The number of para-hydroxylation sites is 1. The molecule has 0 N–H and O–H groups in total. The van der Waals surface area contributed by atoms with Crippen LogP contribution >= 0.6 is 0 Å². The van der Waals surface area contributed by atoms with E-state index in [1.807, 2.05) is 30.3 Å². The second-order valence-electron chi connectivity index (χ2n) is 4.16. The molecule has 18 heavy (non-hydrogen) atoms. The van der Waals surface area contributed by atoms with Gasteiger partial charge in [-0.3, -0.25) is 0 Å². The highest BCUT2D eigenvalue weighted by atomic mass is 19.3. The van der Waals surface area contributed by atoms with E-state index in [1.54, 1.807) is 18.2 Å². The predicted molar refractivity (Wildman–Crippen MR) is 66.8 cm³/mol. The van der Waals surface area contributed by atoms with Gasteiger partial charge in [0.05, 0.1) is 5.56 Å². The molecule has 2 rings (SSSR count). The summed E-state index contributed by atoms with van der Waals surface area (Å²) in [5.74, 6) is -2.67. The van der Waals surface area contributed by atoms with Crippen molar-refractivity contribution in [3.63, 3.8) is 0 Å². The van der Waals surface area contributed by atoms with E-state index in [-0.39, 0.29) is 17.9 Å². The standard InChI is InChI=1S/C15H14F2O/c1-15(16,17)13-9-5-6-10-14(13)18-11-12-7-3-2-4-8-12/h2-10H,11H2,1H3. The number of halogens is 2. The van der Waals surface area contributed by atoms with Crippen LogP contribution in [0.2, 0.25) is 0 Å². The molecule has 0 bridgehead atoms. The first kappa shape index (κ1) is 12.6. The number of alkyl halides is 2. The molecular weight excluding hydrogens is 234 g/mol. The van der Waals surface area contributed by atoms with Gasteiger partial charge in [-0.1, -0.05) is 42.5 Å². The van der Waals surface area contributed by atoms with Crippen molar-refractivity contribution < 1.29 is 13.5 Å². The van der Waals surface area contributed by atoms with Gasteiger partial charge in [-0.2, -0.15) is 0 Å². The number of rotatable bonds is 4. The molecule has 0 spiro atoms. The van der Waals surface area contributed by atoms with Crippen LogP contribution in [0.15, 0.2) is 54.6 Å². The molecule has 2 aromatic carbocycles. The van der Waals surface area contributed by atoms with Gasteiger partial charge in [-0.25, -0.2) is 8.78 Å². The van der Waals surface area contributed by atoms with Crippen LogP contribution in [-0.2, 0) is 12.5 Å². The minimum Gasteiger partial charge on any atom is -0.488 e. The van der Waals surface area contributed by atoms with Crippen LogP contribution in [0, 0.1) is 0 Å². The molecule has 0 heterocycles. The second-order valence-corrected chi connectivity index (χ2v) is 4.16. The lowest BCUT2D eigenvalue weighted by atomic mass is 10.1. The maximum Gasteiger partial charge on any atom is 0.274 e. The first-order valence-electron chi connectivity index (χ1n) is 5.71. The highest BCUT2D eigenvalue weighted by Crippen LogP contribution is 2.34. The molecule has 0 saturated heterocycles. The summed E-state index contributed by atoms with van der Waals surface area (Å²) >= 11 is 0. The van der Waals surface area contributed by atoms with Gasteiger partial charge in [0.15, 0.2) is 0 Å². The van der Waals surface area contributed by atoms with Crippen molar-refractivity contribution in [1.29, 1.82) is 0 Å². The van der Waals surface area contributed by atoms with E-state index in [1.165, 1.54) is 6.07 Å². The minimum atomic E-state index is -2.90. The van der Waals surface area contributed by atoms with Crippen LogP contribution in [0.4, 0.5) is 8.78 Å². The van der Waals surface area contributed by atoms with Gasteiger partial charge in [0.1, 0.15) is 12.4 Å². The molecule has 0 radical (unpaired) electrons. The van der Waals surface area contributed by atoms with Crippen molar-refractivity contribution in [3.8, 4) is 5.75 Å². The van der Waals surface area contributed by atoms with Crippen LogP contribution in [0.3, 0.4) is 0 Å². The SMILES string of the molecule is CC(F)(F)c1ccccc1OCc1ccccc1. The van der Waals surface area contributed by atoms with E-state index in [0.717, 1.165) is 12.5 Å². The maximum absolute atomic E-state index is 13.4. The van der Waals surface area contributed by atoms with Crippen molar-refractivity contribution in [2.75, 3.05) is 0 Å². The molecule has 0 atom stereocenters. The monoisotopic (exact) mass is 248 g/mol. The number of hydrogen-bond acceptors (Lipinski definition) is 1. The minimum absolute atomic E-state index is 0.0825. The van der Waals surface area contributed by atoms with Gasteiger partial charge in [0, 0.05) is 6.92 Å². The third kappa shape index (κ3) is 3.06. The van der Waals surface area contributed by atoms with Crippen LogP contribution in [0.25, 0.3) is 0 Å². The summed E-state index contributed by atoms with van der Waals surface area (Å²) in [7, 11) is 0. The number of hydrogen-bond donors (Lipinski definition) is 0. The first-order chi connectivity index (χ1) is 8.57. The first-order valence-corrected chi connectivity index (χ1v) is 5.71. The molecule has 0 saturated carbocycles. The second kappa shape index (κ2) is 5.17. The Morgan fingerprint density at radius 2 is 1.56 bits per heavy atom. The highest BCUT2D eigenvalue weighted by Gasteiger charge is 2.28. The molecule has 0 unspecified atom stereocenters. The summed E-state index contributed by atoms with van der Waals surface area (Å²) in [6.45, 7) is 1.16. The maximum atomic E-state index is 13.4. The van der Waals surface area contributed by atoms with Crippen molar-refractivity contribution in [2.45, 2.75) is 19.5 Å². The fourth-order valence-corrected chi connectivity index (χ4v) is 1.69. The van der Waals surface area contributed by atoms with Gasteiger partial charge >= 0.3 is 0 Å². The molecule has 2 aromatic rings. The number of benzene rings is 2. The topological polar surface area (TPSA) is 9.23 Å². The van der Waals surface area contributed by atoms with Crippen molar-refractivity contribution in [1.82, 2.24) is 0 Å². The van der Waals surface area contributed by atoms with Gasteiger partial charge < -0.3 is 4.74 Å². The molecule has 94 valence electrons. The Kier molecular flexibility index (Phi) is 3.60. The van der Waals surface area contributed by atoms with Gasteiger partial charge in [0.25, 0.3) is 5.92 Å². The van der Waals surface area contributed by atoms with Crippen LogP contribution in [0.5, 0.6) is 5.75 Å². The third-order valence-electron chi connectivity index (χ3n) is 2.60. The third-order valence-corrected chi connectivity index (χ3v) is 2.60. The van der Waals surface area contributed by atoms with Gasteiger partial charge in [-0.15, -0.1) is 0 Å². The van der Waals surface area contributed by atoms with E-state index in [4.69, 9.17) is 4.74 Å². The van der Waals surface area contributed by atoms with Crippen molar-refractivity contribution in [3.05, 3.63) is 65.7 Å². The average molecular weight is 248 g/mol. The Bertz CT molecular complexity index is 503. The molecule has 0 aromatic heterocycles. The Hall–Kier alpha value is -1.90. The molecule has 0 fully saturated rings. The van der Waals surface area contributed by atoms with E-state index >= 15 is 0 Å². The van der Waals surface area contributed by atoms with E-state index in [9.17, 15) is 8.78 Å². The average Bonchev–Trinajstić information content (AvgIpc) is 2.37. The van der Waals surface area contributed by atoms with E-state index < -0.39 is 5.92 Å².